The van der Waals surface area contributed by atoms with Crippen LogP contribution in [0, 0.1) is 0 Å². The molecule has 1 aromatic heterocycles. The number of aromatic nitrogens is 1. The molecule has 0 fully saturated rings. The van der Waals surface area contributed by atoms with Gasteiger partial charge in [0.2, 0.25) is 5.91 Å². The number of aliphatic imine (C=N–C) groups is 1. The molecule has 4 nitrogen and oxygen atoms in total. The van der Waals surface area contributed by atoms with Gasteiger partial charge in [0.25, 0.3) is 0 Å². The molecule has 0 saturated carbocycles. The van der Waals surface area contributed by atoms with E-state index < -0.39 is 0 Å². The normalized spacial score (nSPS) is 11.4. The largest absolute Gasteiger partial charge is 0.315 e. The molecule has 0 unspecified atom stereocenters. The number of halogens is 1. The van der Waals surface area contributed by atoms with Gasteiger partial charge in [0.05, 0.1) is 11.4 Å². The minimum atomic E-state index is -0.121. The van der Waals surface area contributed by atoms with Crippen LogP contribution in [0.1, 0.15) is 26.5 Å². The van der Waals surface area contributed by atoms with Crippen LogP contribution in [-0.2, 0) is 11.2 Å². The first-order valence-corrected chi connectivity index (χ1v) is 5.80. The zero-order valence-electron chi connectivity index (χ0n) is 9.54. The molecular formula is C11H14BrN3O. The number of hydrogen-bond donors (Lipinski definition) is 1. The van der Waals surface area contributed by atoms with E-state index in [1.165, 1.54) is 6.92 Å². The summed E-state index contributed by atoms with van der Waals surface area (Å²) in [4.78, 5) is 19.5. The van der Waals surface area contributed by atoms with Crippen molar-refractivity contribution in [3.63, 3.8) is 0 Å². The van der Waals surface area contributed by atoms with Crippen molar-refractivity contribution in [2.24, 2.45) is 4.99 Å². The standard InChI is InChI=1S/C11H14BrN3O/c1-4-9-10(5-6-11(12)15-9)14-7(2)13-8(3)16/h5-6H,4H2,1-3H3,(H,13,14,16). The minimum Gasteiger partial charge on any atom is -0.315 e. The Hall–Kier alpha value is -1.23. The lowest BCUT2D eigenvalue weighted by Crippen LogP contribution is -2.25. The maximum absolute atomic E-state index is 10.8. The Kier molecular flexibility index (Phi) is 4.61. The Bertz CT molecular complexity index is 429. The highest BCUT2D eigenvalue weighted by atomic mass is 79.9. The SMILES string of the molecule is CCc1nc(Br)ccc1N=C(C)NC(C)=O. The third kappa shape index (κ3) is 3.73. The second-order valence-electron chi connectivity index (χ2n) is 3.33. The van der Waals surface area contributed by atoms with Crippen LogP contribution in [0.3, 0.4) is 0 Å². The molecule has 0 aliphatic carbocycles. The Morgan fingerprint density at radius 1 is 1.50 bits per heavy atom. The average molecular weight is 284 g/mol. The van der Waals surface area contributed by atoms with Gasteiger partial charge in [-0.15, -0.1) is 0 Å². The first kappa shape index (κ1) is 12.8. The third-order valence-electron chi connectivity index (χ3n) is 1.90. The lowest BCUT2D eigenvalue weighted by atomic mass is 10.2. The lowest BCUT2D eigenvalue weighted by Gasteiger charge is -2.05. The number of nitrogens with one attached hydrogen (secondary N) is 1. The van der Waals surface area contributed by atoms with E-state index in [1.807, 2.05) is 19.1 Å². The molecule has 1 aromatic rings. The molecule has 1 N–H and O–H groups in total. The minimum absolute atomic E-state index is 0.121. The fourth-order valence-corrected chi connectivity index (χ4v) is 1.64. The summed E-state index contributed by atoms with van der Waals surface area (Å²) in [5.74, 6) is 0.454. The first-order valence-electron chi connectivity index (χ1n) is 5.01. The van der Waals surface area contributed by atoms with E-state index in [-0.39, 0.29) is 5.91 Å². The van der Waals surface area contributed by atoms with E-state index in [4.69, 9.17) is 0 Å². The molecule has 0 aliphatic rings. The van der Waals surface area contributed by atoms with Gasteiger partial charge in [0.1, 0.15) is 10.4 Å². The number of carbonyl (C=O) groups excluding carboxylic acids is 1. The maximum Gasteiger partial charge on any atom is 0.222 e. The van der Waals surface area contributed by atoms with Crippen molar-refractivity contribution in [3.8, 4) is 0 Å². The number of nitrogens with zero attached hydrogens (tertiary/aromatic N) is 2. The summed E-state index contributed by atoms with van der Waals surface area (Å²) in [7, 11) is 0. The lowest BCUT2D eigenvalue weighted by molar-refractivity contribution is -0.117. The van der Waals surface area contributed by atoms with Gasteiger partial charge in [-0.2, -0.15) is 0 Å². The fourth-order valence-electron chi connectivity index (χ4n) is 1.29. The van der Waals surface area contributed by atoms with E-state index in [0.29, 0.717) is 5.84 Å². The molecule has 0 aromatic carbocycles. The van der Waals surface area contributed by atoms with E-state index in [1.54, 1.807) is 6.92 Å². The third-order valence-corrected chi connectivity index (χ3v) is 2.34. The summed E-state index contributed by atoms with van der Waals surface area (Å²) >= 11 is 3.31. The Balaban J connectivity index is 2.99. The molecule has 1 amide bonds. The summed E-state index contributed by atoms with van der Waals surface area (Å²) < 4.78 is 0.792. The number of amidine groups is 1. The van der Waals surface area contributed by atoms with Gasteiger partial charge in [-0.05, 0) is 41.4 Å². The highest BCUT2D eigenvalue weighted by Gasteiger charge is 2.03. The van der Waals surface area contributed by atoms with Crippen LogP contribution in [0.2, 0.25) is 0 Å². The van der Waals surface area contributed by atoms with E-state index in [9.17, 15) is 4.79 Å². The van der Waals surface area contributed by atoms with Crippen LogP contribution in [0.4, 0.5) is 5.69 Å². The second kappa shape index (κ2) is 5.75. The quantitative estimate of drug-likeness (QED) is 0.515. The zero-order chi connectivity index (χ0) is 12.1. The van der Waals surface area contributed by atoms with Crippen molar-refractivity contribution < 1.29 is 4.79 Å². The van der Waals surface area contributed by atoms with Crippen molar-refractivity contribution in [2.45, 2.75) is 27.2 Å². The maximum atomic E-state index is 10.8. The number of amides is 1. The number of rotatable bonds is 2. The molecular weight excluding hydrogens is 270 g/mol. The molecule has 16 heavy (non-hydrogen) atoms. The highest BCUT2D eigenvalue weighted by Crippen LogP contribution is 2.20. The van der Waals surface area contributed by atoms with Crippen molar-refractivity contribution >= 4 is 33.4 Å². The van der Waals surface area contributed by atoms with Gasteiger partial charge >= 0.3 is 0 Å². The topological polar surface area (TPSA) is 54.4 Å². The molecule has 5 heteroatoms. The Morgan fingerprint density at radius 2 is 2.19 bits per heavy atom. The predicted octanol–water partition coefficient (Wildman–Crippen LogP) is 2.59. The van der Waals surface area contributed by atoms with Gasteiger partial charge in [0.15, 0.2) is 0 Å². The molecule has 1 heterocycles. The van der Waals surface area contributed by atoms with Crippen molar-refractivity contribution in [1.82, 2.24) is 10.3 Å². The number of hydrogen-bond acceptors (Lipinski definition) is 3. The smallest absolute Gasteiger partial charge is 0.222 e. The Morgan fingerprint density at radius 3 is 2.75 bits per heavy atom. The Labute approximate surface area is 103 Å². The molecule has 0 radical (unpaired) electrons. The van der Waals surface area contributed by atoms with Crippen LogP contribution in [0.15, 0.2) is 21.7 Å². The van der Waals surface area contributed by atoms with Gasteiger partial charge in [0, 0.05) is 6.92 Å². The van der Waals surface area contributed by atoms with Crippen LogP contribution in [0.25, 0.3) is 0 Å². The van der Waals surface area contributed by atoms with Gasteiger partial charge in [-0.1, -0.05) is 6.92 Å². The van der Waals surface area contributed by atoms with E-state index >= 15 is 0 Å². The summed E-state index contributed by atoms with van der Waals surface area (Å²) in [5, 5.41) is 2.63. The molecule has 0 aliphatic heterocycles. The molecule has 0 atom stereocenters. The summed E-state index contributed by atoms with van der Waals surface area (Å²) in [5.41, 5.74) is 1.69. The zero-order valence-corrected chi connectivity index (χ0v) is 11.1. The van der Waals surface area contributed by atoms with Crippen LogP contribution >= 0.6 is 15.9 Å². The number of carbonyl (C=O) groups is 1. The van der Waals surface area contributed by atoms with E-state index in [2.05, 4.69) is 31.2 Å². The van der Waals surface area contributed by atoms with Gasteiger partial charge in [-0.3, -0.25) is 4.79 Å². The number of aryl methyl sites for hydroxylation is 1. The fraction of sp³-hybridized carbons (Fsp3) is 0.364. The van der Waals surface area contributed by atoms with Gasteiger partial charge in [-0.25, -0.2) is 9.98 Å². The summed E-state index contributed by atoms with van der Waals surface area (Å²) in [6.07, 6.45) is 0.797. The predicted molar refractivity (Wildman–Crippen MR) is 67.9 cm³/mol. The molecule has 0 bridgehead atoms. The van der Waals surface area contributed by atoms with Crippen LogP contribution in [0.5, 0.6) is 0 Å². The monoisotopic (exact) mass is 283 g/mol. The van der Waals surface area contributed by atoms with Crippen LogP contribution < -0.4 is 5.32 Å². The van der Waals surface area contributed by atoms with Crippen LogP contribution in [-0.4, -0.2) is 16.7 Å². The average Bonchev–Trinajstić information content (AvgIpc) is 2.19. The summed E-state index contributed by atoms with van der Waals surface area (Å²) in [6.45, 7) is 5.23. The number of pyridine rings is 1. The van der Waals surface area contributed by atoms with E-state index in [0.717, 1.165) is 22.4 Å². The van der Waals surface area contributed by atoms with Crippen molar-refractivity contribution in [1.29, 1.82) is 0 Å². The summed E-state index contributed by atoms with van der Waals surface area (Å²) in [6, 6.07) is 3.71. The molecule has 1 rings (SSSR count). The second-order valence-corrected chi connectivity index (χ2v) is 4.14. The first-order chi connectivity index (χ1) is 7.52. The highest BCUT2D eigenvalue weighted by molar-refractivity contribution is 9.10. The van der Waals surface area contributed by atoms with Crippen molar-refractivity contribution in [3.05, 3.63) is 22.4 Å². The van der Waals surface area contributed by atoms with Gasteiger partial charge < -0.3 is 5.32 Å². The molecule has 86 valence electrons. The molecule has 0 spiro atoms. The van der Waals surface area contributed by atoms with Crippen molar-refractivity contribution in [2.75, 3.05) is 0 Å². The molecule has 0 saturated heterocycles.